The molecule has 34 heavy (non-hydrogen) atoms. The zero-order valence-corrected chi connectivity index (χ0v) is 24.0. The van der Waals surface area contributed by atoms with Crippen LogP contribution in [-0.4, -0.2) is 48.7 Å². The van der Waals surface area contributed by atoms with Crippen LogP contribution in [0.5, 0.6) is 0 Å². The molecule has 0 aromatic heterocycles. The first-order chi connectivity index (χ1) is 15.8. The third kappa shape index (κ3) is 2.58. The molecule has 6 heteroatoms. The highest BCUT2D eigenvalue weighted by atomic mass is 32.2. The van der Waals surface area contributed by atoms with Crippen molar-refractivity contribution in [2.24, 2.45) is 28.1 Å². The summed E-state index contributed by atoms with van der Waals surface area (Å²) in [6.07, 6.45) is 11.3. The molecule has 0 aromatic rings. The molecule has 4 unspecified atom stereocenters. The minimum atomic E-state index is -1.82. The maximum Gasteiger partial charge on any atom is 0.319 e. The van der Waals surface area contributed by atoms with Gasteiger partial charge in [-0.05, 0) is 86.7 Å². The fourth-order valence-electron chi connectivity index (χ4n) is 9.64. The van der Waals surface area contributed by atoms with Crippen LogP contribution < -0.4 is 0 Å². The van der Waals surface area contributed by atoms with E-state index >= 15 is 0 Å². The van der Waals surface area contributed by atoms with Crippen LogP contribution in [0.15, 0.2) is 11.6 Å². The third-order valence-corrected chi connectivity index (χ3v) is 18.7. The molecule has 1 saturated heterocycles. The topological polar surface area (TPSA) is 55.8 Å². The largest absolute Gasteiger partial charge is 0.468 e. The second-order valence-corrected chi connectivity index (χ2v) is 20.6. The van der Waals surface area contributed by atoms with Gasteiger partial charge in [0.25, 0.3) is 0 Å². The Bertz CT molecular complexity index is 957. The lowest BCUT2D eigenvalue weighted by Gasteiger charge is -2.86. The predicted octanol–water partition coefficient (Wildman–Crippen LogP) is 6.09. The summed E-state index contributed by atoms with van der Waals surface area (Å²) in [5, 5.41) is 10.9. The molecule has 0 radical (unpaired) electrons. The Hall–Kier alpha value is -0.303. The molecular weight excluding hydrogens is 460 g/mol. The van der Waals surface area contributed by atoms with Gasteiger partial charge in [-0.1, -0.05) is 39.3 Å². The quantitative estimate of drug-likeness (QED) is 0.286. The number of aliphatic hydroxyl groups excluding tert-OH is 1. The fraction of sp³-hybridized carbons (Fsp3) is 0.893. The van der Waals surface area contributed by atoms with Crippen LogP contribution in [0.4, 0.5) is 0 Å². The van der Waals surface area contributed by atoms with Crippen molar-refractivity contribution >= 4 is 26.0 Å². The number of allylic oxidation sites excluding steroid dienone is 2. The van der Waals surface area contributed by atoms with Gasteiger partial charge in [-0.3, -0.25) is 4.79 Å². The summed E-state index contributed by atoms with van der Waals surface area (Å²) < 4.78 is 12.5. The molecule has 0 aromatic carbocycles. The first-order valence-corrected chi connectivity index (χ1v) is 17.4. The Labute approximate surface area is 211 Å². The van der Waals surface area contributed by atoms with E-state index in [1.807, 2.05) is 11.8 Å². The number of fused-ring (bicyclic) bond motifs is 3. The number of carbonyl (C=O) groups is 1. The maximum atomic E-state index is 12.9. The second kappa shape index (κ2) is 6.96. The Kier molecular flexibility index (Phi) is 4.93. The molecule has 4 nitrogen and oxygen atoms in total. The highest BCUT2D eigenvalue weighted by Crippen LogP contribution is 2.91. The molecule has 5 aliphatic carbocycles. The SMILES string of the molecule is COC(=O)C1SC23CC4C(=CC[C@@]5(C)C4CC[C@@H]5O[Si](C)(C)C(C)(C)C)[C@]4(CC[C@H](O)C[C@@]124)C3. The standard InChI is InChI=1S/C28H44O4SSi/c1-24(2,3)34(6,7)32-21-9-8-19-18-15-27-16-26(20(18)11-12-25(19,21)4)13-10-17(29)14-28(26,27)22(33-27)23(30)31-5/h11,17-19,21-22,29H,8-10,12-16H2,1-7H3/t17-,18?,19?,21-,22?,25-,26-,27?,28-/m0/s1. The van der Waals surface area contributed by atoms with Crippen molar-refractivity contribution in [2.45, 2.75) is 119 Å². The lowest BCUT2D eigenvalue weighted by atomic mass is 9.28. The number of thioether (sulfide) groups is 1. The van der Waals surface area contributed by atoms with Crippen molar-refractivity contribution in [1.82, 2.24) is 0 Å². The van der Waals surface area contributed by atoms with Gasteiger partial charge in [-0.15, -0.1) is 11.8 Å². The number of hydrogen-bond acceptors (Lipinski definition) is 5. The van der Waals surface area contributed by atoms with E-state index in [9.17, 15) is 9.90 Å². The summed E-state index contributed by atoms with van der Waals surface area (Å²) in [7, 11) is -0.296. The zero-order chi connectivity index (χ0) is 24.5. The normalized spacial score (nSPS) is 51.1. The van der Waals surface area contributed by atoms with Crippen molar-refractivity contribution in [2.75, 3.05) is 7.11 Å². The predicted molar refractivity (Wildman–Crippen MR) is 139 cm³/mol. The van der Waals surface area contributed by atoms with E-state index < -0.39 is 8.32 Å². The van der Waals surface area contributed by atoms with E-state index in [1.54, 1.807) is 5.57 Å². The number of carbonyl (C=O) groups excluding carboxylic acids is 1. The van der Waals surface area contributed by atoms with Crippen molar-refractivity contribution in [1.29, 1.82) is 0 Å². The van der Waals surface area contributed by atoms with Crippen LogP contribution in [0.25, 0.3) is 0 Å². The molecule has 1 heterocycles. The lowest BCUT2D eigenvalue weighted by molar-refractivity contribution is -0.219. The second-order valence-electron chi connectivity index (χ2n) is 14.4. The number of ether oxygens (including phenoxy) is 1. The van der Waals surface area contributed by atoms with Crippen LogP contribution in [0.3, 0.4) is 0 Å². The Morgan fingerprint density at radius 1 is 1.21 bits per heavy atom. The number of rotatable bonds is 3. The van der Waals surface area contributed by atoms with Gasteiger partial charge in [0.05, 0.1) is 19.3 Å². The summed E-state index contributed by atoms with van der Waals surface area (Å²) in [5.41, 5.74) is 1.92. The summed E-state index contributed by atoms with van der Waals surface area (Å²) in [5.74, 6) is 1.23. The first kappa shape index (κ1) is 24.1. The minimum absolute atomic E-state index is 0.0674. The molecule has 1 spiro atoms. The molecule has 190 valence electrons. The van der Waals surface area contributed by atoms with Crippen LogP contribution in [-0.2, 0) is 14.0 Å². The van der Waals surface area contributed by atoms with Crippen molar-refractivity contribution in [3.63, 3.8) is 0 Å². The maximum absolute atomic E-state index is 12.9. The van der Waals surface area contributed by atoms with Gasteiger partial charge >= 0.3 is 5.97 Å². The number of esters is 1. The summed E-state index contributed by atoms with van der Waals surface area (Å²) in [6, 6.07) is 0. The van der Waals surface area contributed by atoms with Crippen molar-refractivity contribution < 1.29 is 19.1 Å². The van der Waals surface area contributed by atoms with E-state index in [4.69, 9.17) is 9.16 Å². The molecular formula is C28H44O4SSi. The average molecular weight is 505 g/mol. The molecule has 4 saturated carbocycles. The molecule has 9 atom stereocenters. The van der Waals surface area contributed by atoms with Crippen molar-refractivity contribution in [3.8, 4) is 0 Å². The van der Waals surface area contributed by atoms with Crippen molar-refractivity contribution in [3.05, 3.63) is 11.6 Å². The zero-order valence-electron chi connectivity index (χ0n) is 22.2. The van der Waals surface area contributed by atoms with E-state index in [0.717, 1.165) is 25.7 Å². The van der Waals surface area contributed by atoms with Crippen LogP contribution in [0.2, 0.25) is 18.1 Å². The summed E-state index contributed by atoms with van der Waals surface area (Å²) in [4.78, 5) is 12.9. The van der Waals surface area contributed by atoms with Gasteiger partial charge < -0.3 is 14.3 Å². The van der Waals surface area contributed by atoms with Gasteiger partial charge in [0.2, 0.25) is 0 Å². The van der Waals surface area contributed by atoms with Gasteiger partial charge in [0.15, 0.2) is 8.32 Å². The van der Waals surface area contributed by atoms with E-state index in [2.05, 4.69) is 46.9 Å². The lowest BCUT2D eigenvalue weighted by Crippen LogP contribution is -2.86. The van der Waals surface area contributed by atoms with Gasteiger partial charge in [0, 0.05) is 15.6 Å². The Morgan fingerprint density at radius 2 is 1.94 bits per heavy atom. The fourth-order valence-corrected chi connectivity index (χ4v) is 13.5. The Morgan fingerprint density at radius 3 is 2.62 bits per heavy atom. The van der Waals surface area contributed by atoms with Gasteiger partial charge in [0.1, 0.15) is 5.25 Å². The molecule has 5 fully saturated rings. The average Bonchev–Trinajstić information content (AvgIpc) is 3.08. The van der Waals surface area contributed by atoms with E-state index in [0.29, 0.717) is 17.9 Å². The van der Waals surface area contributed by atoms with Crippen LogP contribution in [0, 0.1) is 28.1 Å². The third-order valence-electron chi connectivity index (χ3n) is 12.2. The van der Waals surface area contributed by atoms with Gasteiger partial charge in [-0.2, -0.15) is 0 Å². The molecule has 6 aliphatic rings. The molecule has 1 aliphatic heterocycles. The number of methoxy groups -OCH3 is 1. The van der Waals surface area contributed by atoms with Crippen LogP contribution in [0.1, 0.15) is 79.1 Å². The van der Waals surface area contributed by atoms with Crippen LogP contribution >= 0.6 is 11.8 Å². The highest BCUT2D eigenvalue weighted by molar-refractivity contribution is 8.03. The van der Waals surface area contributed by atoms with Gasteiger partial charge in [-0.25, -0.2) is 0 Å². The molecule has 0 amide bonds. The van der Waals surface area contributed by atoms with E-state index in [1.165, 1.54) is 32.8 Å². The molecule has 6 rings (SSSR count). The van der Waals surface area contributed by atoms with E-state index in [-0.39, 0.29) is 43.4 Å². The minimum Gasteiger partial charge on any atom is -0.468 e. The Balaban J connectivity index is 1.36. The highest BCUT2D eigenvalue weighted by Gasteiger charge is 2.88. The summed E-state index contributed by atoms with van der Waals surface area (Å²) >= 11 is 1.90. The number of aliphatic hydroxyl groups is 1. The first-order valence-electron chi connectivity index (χ1n) is 13.6. The monoisotopic (exact) mass is 504 g/mol. The molecule has 1 N–H and O–H groups in total. The summed E-state index contributed by atoms with van der Waals surface area (Å²) in [6.45, 7) is 14.4. The number of hydrogen-bond donors (Lipinski definition) is 1. The smallest absolute Gasteiger partial charge is 0.319 e. The molecule has 2 bridgehead atoms.